The zero-order valence-corrected chi connectivity index (χ0v) is 9.70. The summed E-state index contributed by atoms with van der Waals surface area (Å²) in [7, 11) is -2.89. The highest BCUT2D eigenvalue weighted by Crippen LogP contribution is 2.48. The van der Waals surface area contributed by atoms with E-state index in [4.69, 9.17) is 14.2 Å². The van der Waals surface area contributed by atoms with Crippen LogP contribution in [0.1, 0.15) is 20.3 Å². The van der Waals surface area contributed by atoms with Gasteiger partial charge in [-0.1, -0.05) is 12.2 Å². The lowest BCUT2D eigenvalue weighted by atomic mass is 10.4. The highest BCUT2D eigenvalue weighted by molar-refractivity contribution is 7.53. The van der Waals surface area contributed by atoms with Gasteiger partial charge >= 0.3 is 7.60 Å². The van der Waals surface area contributed by atoms with Crippen molar-refractivity contribution in [2.24, 2.45) is 0 Å². The molecule has 4 nitrogen and oxygen atoms in total. The predicted molar refractivity (Wildman–Crippen MR) is 56.6 cm³/mol. The molecule has 1 N–H and O–H groups in total. The number of aliphatic hydroxyl groups excluding tert-OH is 1. The number of hydrogen-bond donors (Lipinski definition) is 1. The van der Waals surface area contributed by atoms with Crippen molar-refractivity contribution in [3.05, 3.63) is 12.2 Å². The number of allylic oxidation sites excluding steroid dienone is 1. The standard InChI is InChI=1S/C9H19O4P/c1-3-12-14(11,13-4-2)9-7-5-6-8-10/h5-6,10H,3-4,7-9H2,1-2H3/b6-5-. The van der Waals surface area contributed by atoms with E-state index in [-0.39, 0.29) is 6.61 Å². The first-order valence-corrected chi connectivity index (χ1v) is 6.55. The molecule has 0 unspecified atom stereocenters. The fourth-order valence-electron chi connectivity index (χ4n) is 0.985. The SMILES string of the molecule is CCOP(=O)(CC/C=C\CO)OCC. The highest BCUT2D eigenvalue weighted by Gasteiger charge is 2.21. The first-order chi connectivity index (χ1) is 6.68. The van der Waals surface area contributed by atoms with Crippen molar-refractivity contribution in [2.75, 3.05) is 26.0 Å². The lowest BCUT2D eigenvalue weighted by Crippen LogP contribution is -1.99. The van der Waals surface area contributed by atoms with E-state index in [1.165, 1.54) is 0 Å². The van der Waals surface area contributed by atoms with Crippen molar-refractivity contribution in [1.82, 2.24) is 0 Å². The Kier molecular flexibility index (Phi) is 8.09. The van der Waals surface area contributed by atoms with Gasteiger partial charge < -0.3 is 14.2 Å². The maximum absolute atomic E-state index is 11.8. The first-order valence-electron chi connectivity index (χ1n) is 4.82. The van der Waals surface area contributed by atoms with Gasteiger partial charge in [0.05, 0.1) is 26.0 Å². The Hall–Kier alpha value is -0.150. The van der Waals surface area contributed by atoms with Gasteiger partial charge in [-0.25, -0.2) is 0 Å². The van der Waals surface area contributed by atoms with E-state index in [0.717, 1.165) is 0 Å². The Morgan fingerprint density at radius 1 is 1.21 bits per heavy atom. The van der Waals surface area contributed by atoms with E-state index < -0.39 is 7.60 Å². The summed E-state index contributed by atoms with van der Waals surface area (Å²) in [4.78, 5) is 0. The summed E-state index contributed by atoms with van der Waals surface area (Å²) in [6.45, 7) is 4.36. The van der Waals surface area contributed by atoms with Crippen LogP contribution < -0.4 is 0 Å². The van der Waals surface area contributed by atoms with Crippen LogP contribution in [0.25, 0.3) is 0 Å². The molecule has 84 valence electrons. The van der Waals surface area contributed by atoms with E-state index in [1.54, 1.807) is 26.0 Å². The zero-order chi connectivity index (χ0) is 10.9. The molecule has 0 bridgehead atoms. The molecule has 0 aromatic heterocycles. The molecule has 0 aliphatic carbocycles. The van der Waals surface area contributed by atoms with Crippen LogP contribution in [0.15, 0.2) is 12.2 Å². The average molecular weight is 222 g/mol. The summed E-state index contributed by atoms with van der Waals surface area (Å²) in [6, 6.07) is 0. The molecule has 0 rings (SSSR count). The Balaban J connectivity index is 3.95. The number of rotatable bonds is 8. The molecule has 0 fully saturated rings. The maximum atomic E-state index is 11.8. The molecule has 0 amide bonds. The maximum Gasteiger partial charge on any atom is 0.330 e. The van der Waals surface area contributed by atoms with Crippen molar-refractivity contribution in [2.45, 2.75) is 20.3 Å². The molecular weight excluding hydrogens is 203 g/mol. The van der Waals surface area contributed by atoms with Gasteiger partial charge in [-0.3, -0.25) is 4.57 Å². The summed E-state index contributed by atoms with van der Waals surface area (Å²) in [5, 5.41) is 8.48. The average Bonchev–Trinajstić information content (AvgIpc) is 2.13. The Labute approximate surface area is 85.5 Å². The van der Waals surface area contributed by atoms with Gasteiger partial charge in [0.25, 0.3) is 0 Å². The molecule has 0 aromatic rings. The minimum Gasteiger partial charge on any atom is -0.392 e. The third-order valence-electron chi connectivity index (χ3n) is 1.49. The fraction of sp³-hybridized carbons (Fsp3) is 0.778. The highest BCUT2D eigenvalue weighted by atomic mass is 31.2. The lowest BCUT2D eigenvalue weighted by molar-refractivity contribution is 0.220. The van der Waals surface area contributed by atoms with E-state index >= 15 is 0 Å². The predicted octanol–water partition coefficient (Wildman–Crippen LogP) is 2.19. The van der Waals surface area contributed by atoms with Crippen LogP contribution in [0.4, 0.5) is 0 Å². The smallest absolute Gasteiger partial charge is 0.330 e. The topological polar surface area (TPSA) is 55.8 Å². The Bertz CT molecular complexity index is 193. The van der Waals surface area contributed by atoms with Crippen LogP contribution in [0.5, 0.6) is 0 Å². The second-order valence-electron chi connectivity index (χ2n) is 2.61. The molecule has 0 saturated heterocycles. The Morgan fingerprint density at radius 3 is 2.21 bits per heavy atom. The van der Waals surface area contributed by atoms with Crippen LogP contribution in [-0.2, 0) is 13.6 Å². The van der Waals surface area contributed by atoms with E-state index in [0.29, 0.717) is 25.8 Å². The Morgan fingerprint density at radius 2 is 1.79 bits per heavy atom. The number of aliphatic hydroxyl groups is 1. The van der Waals surface area contributed by atoms with Crippen molar-refractivity contribution < 1.29 is 18.7 Å². The third-order valence-corrected chi connectivity index (χ3v) is 3.60. The van der Waals surface area contributed by atoms with Gasteiger partial charge in [0.15, 0.2) is 0 Å². The molecule has 0 heterocycles. The molecule has 0 radical (unpaired) electrons. The van der Waals surface area contributed by atoms with Gasteiger partial charge in [-0.15, -0.1) is 0 Å². The molecule has 0 saturated carbocycles. The van der Waals surface area contributed by atoms with Gasteiger partial charge in [0.2, 0.25) is 0 Å². The van der Waals surface area contributed by atoms with Crippen LogP contribution >= 0.6 is 7.60 Å². The molecule has 0 spiro atoms. The molecule has 0 aliphatic rings. The normalized spacial score (nSPS) is 12.5. The van der Waals surface area contributed by atoms with Gasteiger partial charge in [-0.05, 0) is 20.3 Å². The summed E-state index contributed by atoms with van der Waals surface area (Å²) in [5.74, 6) is 0. The third kappa shape index (κ3) is 6.33. The minimum absolute atomic E-state index is 0.00751. The first kappa shape index (κ1) is 13.8. The summed E-state index contributed by atoms with van der Waals surface area (Å²) in [6.07, 6.45) is 4.34. The second kappa shape index (κ2) is 8.18. The largest absolute Gasteiger partial charge is 0.392 e. The molecule has 14 heavy (non-hydrogen) atoms. The van der Waals surface area contributed by atoms with Gasteiger partial charge in [0, 0.05) is 0 Å². The fourth-order valence-corrected chi connectivity index (χ4v) is 2.57. The lowest BCUT2D eigenvalue weighted by Gasteiger charge is -2.15. The zero-order valence-electron chi connectivity index (χ0n) is 8.81. The van der Waals surface area contributed by atoms with Gasteiger partial charge in [0.1, 0.15) is 0 Å². The van der Waals surface area contributed by atoms with E-state index in [1.807, 2.05) is 0 Å². The second-order valence-corrected chi connectivity index (χ2v) is 4.80. The van der Waals surface area contributed by atoms with Crippen molar-refractivity contribution >= 4 is 7.60 Å². The molecule has 0 aromatic carbocycles. The van der Waals surface area contributed by atoms with Crippen LogP contribution in [-0.4, -0.2) is 31.1 Å². The van der Waals surface area contributed by atoms with Crippen LogP contribution in [0, 0.1) is 0 Å². The molecule has 0 atom stereocenters. The number of hydrogen-bond acceptors (Lipinski definition) is 4. The van der Waals surface area contributed by atoms with Crippen LogP contribution in [0.2, 0.25) is 0 Å². The van der Waals surface area contributed by atoms with E-state index in [9.17, 15) is 4.57 Å². The monoisotopic (exact) mass is 222 g/mol. The summed E-state index contributed by atoms with van der Waals surface area (Å²) >= 11 is 0. The van der Waals surface area contributed by atoms with Crippen molar-refractivity contribution in [1.29, 1.82) is 0 Å². The van der Waals surface area contributed by atoms with Crippen LogP contribution in [0.3, 0.4) is 0 Å². The van der Waals surface area contributed by atoms with Crippen molar-refractivity contribution in [3.63, 3.8) is 0 Å². The van der Waals surface area contributed by atoms with E-state index in [2.05, 4.69) is 0 Å². The van der Waals surface area contributed by atoms with Crippen molar-refractivity contribution in [3.8, 4) is 0 Å². The summed E-state index contributed by atoms with van der Waals surface area (Å²) < 4.78 is 22.0. The van der Waals surface area contributed by atoms with Gasteiger partial charge in [-0.2, -0.15) is 0 Å². The molecule has 5 heteroatoms. The minimum atomic E-state index is -2.89. The molecule has 0 aliphatic heterocycles. The molecular formula is C9H19O4P. The summed E-state index contributed by atoms with van der Waals surface area (Å²) in [5.41, 5.74) is 0. The quantitative estimate of drug-likeness (QED) is 0.505.